The number of ether oxygens (including phenoxy) is 1. The van der Waals surface area contributed by atoms with Crippen LogP contribution >= 0.6 is 27.5 Å². The molecule has 1 amide bonds. The zero-order valence-electron chi connectivity index (χ0n) is 11.9. The SMILES string of the molecule is Cc1c(Cl)cccc1NC(=O)C1C2CC3C(OC(=O)C31)C2Br. The molecule has 22 heavy (non-hydrogen) atoms. The number of esters is 1. The second kappa shape index (κ2) is 4.96. The predicted octanol–water partition coefficient (Wildman–Crippen LogP) is 3.16. The molecule has 1 heterocycles. The summed E-state index contributed by atoms with van der Waals surface area (Å²) < 4.78 is 5.44. The van der Waals surface area contributed by atoms with E-state index >= 15 is 0 Å². The molecule has 2 aliphatic carbocycles. The van der Waals surface area contributed by atoms with Crippen LogP contribution in [0.25, 0.3) is 0 Å². The molecule has 4 nitrogen and oxygen atoms in total. The first kappa shape index (κ1) is 14.5. The lowest BCUT2D eigenvalue weighted by Crippen LogP contribution is -2.40. The number of benzene rings is 1. The van der Waals surface area contributed by atoms with Crippen molar-refractivity contribution in [2.24, 2.45) is 23.7 Å². The average molecular weight is 385 g/mol. The molecule has 1 saturated heterocycles. The number of anilines is 1. The topological polar surface area (TPSA) is 55.4 Å². The Bertz CT molecular complexity index is 679. The molecule has 0 spiro atoms. The fourth-order valence-corrected chi connectivity index (χ4v) is 5.51. The number of fused-ring (bicyclic) bond motifs is 1. The molecule has 2 saturated carbocycles. The Balaban J connectivity index is 1.61. The van der Waals surface area contributed by atoms with Gasteiger partial charge in [-0.1, -0.05) is 33.6 Å². The molecular weight excluding hydrogens is 370 g/mol. The van der Waals surface area contributed by atoms with Gasteiger partial charge < -0.3 is 10.1 Å². The van der Waals surface area contributed by atoms with Gasteiger partial charge in [0.15, 0.2) is 0 Å². The molecule has 1 aromatic rings. The van der Waals surface area contributed by atoms with Gasteiger partial charge in [-0.15, -0.1) is 0 Å². The smallest absolute Gasteiger partial charge is 0.310 e. The second-order valence-corrected chi connectivity index (χ2v) is 7.83. The first-order valence-electron chi connectivity index (χ1n) is 7.39. The summed E-state index contributed by atoms with van der Waals surface area (Å²) in [6, 6.07) is 5.42. The van der Waals surface area contributed by atoms with E-state index < -0.39 is 0 Å². The van der Waals surface area contributed by atoms with Gasteiger partial charge in [-0.05, 0) is 37.0 Å². The molecule has 1 aromatic carbocycles. The van der Waals surface area contributed by atoms with Crippen LogP contribution in [-0.2, 0) is 14.3 Å². The second-order valence-electron chi connectivity index (χ2n) is 6.36. The van der Waals surface area contributed by atoms with E-state index in [9.17, 15) is 9.59 Å². The maximum absolute atomic E-state index is 12.8. The van der Waals surface area contributed by atoms with Gasteiger partial charge in [0.25, 0.3) is 0 Å². The Labute approximate surface area is 141 Å². The molecular formula is C16H15BrClNO3. The van der Waals surface area contributed by atoms with Gasteiger partial charge in [0, 0.05) is 16.6 Å². The Hall–Kier alpha value is -1.07. The summed E-state index contributed by atoms with van der Waals surface area (Å²) in [5, 5.41) is 3.57. The van der Waals surface area contributed by atoms with Gasteiger partial charge in [-0.25, -0.2) is 0 Å². The van der Waals surface area contributed by atoms with Crippen molar-refractivity contribution >= 4 is 45.1 Å². The van der Waals surface area contributed by atoms with E-state index in [1.54, 1.807) is 12.1 Å². The minimum absolute atomic E-state index is 0.0561. The zero-order valence-corrected chi connectivity index (χ0v) is 14.2. The summed E-state index contributed by atoms with van der Waals surface area (Å²) >= 11 is 9.71. The van der Waals surface area contributed by atoms with Crippen LogP contribution in [-0.4, -0.2) is 22.8 Å². The van der Waals surface area contributed by atoms with E-state index in [0.717, 1.165) is 12.0 Å². The van der Waals surface area contributed by atoms with Crippen LogP contribution in [0.2, 0.25) is 5.02 Å². The van der Waals surface area contributed by atoms with Crippen molar-refractivity contribution in [3.8, 4) is 0 Å². The quantitative estimate of drug-likeness (QED) is 0.629. The molecule has 1 aliphatic heterocycles. The molecule has 6 heteroatoms. The van der Waals surface area contributed by atoms with Gasteiger partial charge in [-0.2, -0.15) is 0 Å². The van der Waals surface area contributed by atoms with Crippen LogP contribution < -0.4 is 5.32 Å². The molecule has 6 atom stereocenters. The molecule has 0 aromatic heterocycles. The van der Waals surface area contributed by atoms with Crippen LogP contribution in [0.15, 0.2) is 18.2 Å². The summed E-state index contributed by atoms with van der Waals surface area (Å²) in [7, 11) is 0. The van der Waals surface area contributed by atoms with Gasteiger partial charge in [-0.3, -0.25) is 9.59 Å². The van der Waals surface area contributed by atoms with Gasteiger partial charge in [0.2, 0.25) is 5.91 Å². The highest BCUT2D eigenvalue weighted by molar-refractivity contribution is 9.09. The highest BCUT2D eigenvalue weighted by atomic mass is 79.9. The van der Waals surface area contributed by atoms with Gasteiger partial charge in [0.1, 0.15) is 6.10 Å². The highest BCUT2D eigenvalue weighted by Crippen LogP contribution is 2.60. The van der Waals surface area contributed by atoms with E-state index in [1.807, 2.05) is 13.0 Å². The maximum Gasteiger partial charge on any atom is 0.310 e. The van der Waals surface area contributed by atoms with Crippen LogP contribution in [0.4, 0.5) is 5.69 Å². The largest absolute Gasteiger partial charge is 0.461 e. The van der Waals surface area contributed by atoms with E-state index in [0.29, 0.717) is 10.7 Å². The fraction of sp³-hybridized carbons (Fsp3) is 0.500. The lowest BCUT2D eigenvalue weighted by atomic mass is 9.79. The zero-order chi connectivity index (χ0) is 15.6. The van der Waals surface area contributed by atoms with Crippen molar-refractivity contribution in [3.05, 3.63) is 28.8 Å². The van der Waals surface area contributed by atoms with Crippen molar-refractivity contribution in [2.75, 3.05) is 5.32 Å². The number of nitrogens with one attached hydrogen (secondary N) is 1. The number of alkyl halides is 1. The fourth-order valence-electron chi connectivity index (χ4n) is 4.29. The average Bonchev–Trinajstić information content (AvgIpc) is 3.08. The summed E-state index contributed by atoms with van der Waals surface area (Å²) in [6.45, 7) is 1.87. The van der Waals surface area contributed by atoms with Crippen LogP contribution in [0.5, 0.6) is 0 Å². The molecule has 6 unspecified atom stereocenters. The van der Waals surface area contributed by atoms with Crippen molar-refractivity contribution in [2.45, 2.75) is 24.3 Å². The Morgan fingerprint density at radius 3 is 2.95 bits per heavy atom. The third-order valence-electron chi connectivity index (χ3n) is 5.35. The summed E-state index contributed by atoms with van der Waals surface area (Å²) in [6.07, 6.45) is 0.823. The van der Waals surface area contributed by atoms with Crippen LogP contribution in [0, 0.1) is 30.6 Å². The first-order chi connectivity index (χ1) is 10.5. The summed E-state index contributed by atoms with van der Waals surface area (Å²) in [5.74, 6) is -0.599. The molecule has 116 valence electrons. The third kappa shape index (κ3) is 1.88. The number of hydrogen-bond acceptors (Lipinski definition) is 3. The van der Waals surface area contributed by atoms with E-state index in [2.05, 4.69) is 21.2 Å². The highest BCUT2D eigenvalue weighted by Gasteiger charge is 2.67. The molecule has 3 fully saturated rings. The minimum Gasteiger partial charge on any atom is -0.461 e. The van der Waals surface area contributed by atoms with Crippen LogP contribution in [0.3, 0.4) is 0 Å². The maximum atomic E-state index is 12.8. The molecule has 4 rings (SSSR count). The van der Waals surface area contributed by atoms with Crippen LogP contribution in [0.1, 0.15) is 12.0 Å². The number of rotatable bonds is 2. The van der Waals surface area contributed by atoms with Gasteiger partial charge >= 0.3 is 5.97 Å². The predicted molar refractivity (Wildman–Crippen MR) is 86.0 cm³/mol. The number of hydrogen-bond donors (Lipinski definition) is 1. The molecule has 2 bridgehead atoms. The normalized spacial score (nSPS) is 38.2. The number of carbonyl (C=O) groups is 2. The standard InChI is InChI=1S/C16H15BrClNO3/c1-6-9(18)3-2-4-10(6)19-15(20)11-7-5-8-12(11)16(21)22-14(8)13(7)17/h2-4,7-8,11-14H,5H2,1H3,(H,19,20). The van der Waals surface area contributed by atoms with E-state index in [1.165, 1.54) is 0 Å². The molecule has 0 radical (unpaired) electrons. The number of carbonyl (C=O) groups excluding carboxylic acids is 2. The third-order valence-corrected chi connectivity index (χ3v) is 6.96. The number of halogens is 2. The van der Waals surface area contributed by atoms with Crippen molar-refractivity contribution in [1.29, 1.82) is 0 Å². The van der Waals surface area contributed by atoms with Crippen molar-refractivity contribution in [3.63, 3.8) is 0 Å². The Morgan fingerprint density at radius 1 is 1.41 bits per heavy atom. The lowest BCUT2D eigenvalue weighted by Gasteiger charge is -2.27. The van der Waals surface area contributed by atoms with Gasteiger partial charge in [0.05, 0.1) is 16.7 Å². The molecule has 3 aliphatic rings. The summed E-state index contributed by atoms with van der Waals surface area (Å²) in [4.78, 5) is 24.9. The Kier molecular flexibility index (Phi) is 3.28. The summed E-state index contributed by atoms with van der Waals surface area (Å²) in [5.41, 5.74) is 1.54. The lowest BCUT2D eigenvalue weighted by molar-refractivity contribution is -0.145. The monoisotopic (exact) mass is 383 g/mol. The van der Waals surface area contributed by atoms with Crippen molar-refractivity contribution in [1.82, 2.24) is 0 Å². The van der Waals surface area contributed by atoms with Crippen molar-refractivity contribution < 1.29 is 14.3 Å². The Morgan fingerprint density at radius 2 is 2.18 bits per heavy atom. The first-order valence-corrected chi connectivity index (χ1v) is 8.69. The van der Waals surface area contributed by atoms with E-state index in [4.69, 9.17) is 16.3 Å². The minimum atomic E-state index is -0.320. The molecule has 1 N–H and O–H groups in total. The van der Waals surface area contributed by atoms with E-state index in [-0.39, 0.29) is 46.5 Å². The number of amides is 1.